The van der Waals surface area contributed by atoms with Gasteiger partial charge in [-0.25, -0.2) is 0 Å². The first-order valence-corrected chi connectivity index (χ1v) is 8.11. The van der Waals surface area contributed by atoms with Gasteiger partial charge in [0.25, 0.3) is 0 Å². The molecule has 0 heterocycles. The first-order chi connectivity index (χ1) is 11.6. The van der Waals surface area contributed by atoms with Crippen molar-refractivity contribution in [1.82, 2.24) is 0 Å². The predicted octanol–water partition coefficient (Wildman–Crippen LogP) is 3.02. The second-order valence-corrected chi connectivity index (χ2v) is 6.01. The molecule has 1 saturated carbocycles. The largest absolute Gasteiger partial charge is 0.493 e. The van der Waals surface area contributed by atoms with Gasteiger partial charge in [0, 0.05) is 12.8 Å². The molecule has 1 aliphatic carbocycles. The maximum atomic E-state index is 11.0. The summed E-state index contributed by atoms with van der Waals surface area (Å²) < 4.78 is 16.0. The van der Waals surface area contributed by atoms with E-state index in [1.807, 2.05) is 12.1 Å². The molecule has 1 aliphatic rings. The standard InChI is InChI=1S/C18H25NO5/c1-22-15-8-13(9-16(23-2)17(15)24-3)11-19-10-12-4-6-14(7-5-12)18(20)21/h8-9,11-12,14H,4-7,10H2,1-3H3,(H,20,21). The van der Waals surface area contributed by atoms with Gasteiger partial charge in [0.1, 0.15) is 0 Å². The maximum Gasteiger partial charge on any atom is 0.306 e. The highest BCUT2D eigenvalue weighted by molar-refractivity contribution is 5.82. The Morgan fingerprint density at radius 1 is 1.12 bits per heavy atom. The summed E-state index contributed by atoms with van der Waals surface area (Å²) in [4.78, 5) is 15.5. The molecular formula is C18H25NO5. The zero-order chi connectivity index (χ0) is 17.5. The molecule has 6 nitrogen and oxygen atoms in total. The summed E-state index contributed by atoms with van der Waals surface area (Å²) in [5.74, 6) is 1.36. The predicted molar refractivity (Wildman–Crippen MR) is 91.6 cm³/mol. The number of hydrogen-bond donors (Lipinski definition) is 1. The SMILES string of the molecule is COc1cc(C=NCC2CCC(C(=O)O)CC2)cc(OC)c1OC. The summed E-state index contributed by atoms with van der Waals surface area (Å²) in [7, 11) is 4.74. The molecule has 132 valence electrons. The third-order valence-electron chi connectivity index (χ3n) is 4.49. The third-order valence-corrected chi connectivity index (χ3v) is 4.49. The Hall–Kier alpha value is -2.24. The number of hydrogen-bond acceptors (Lipinski definition) is 5. The van der Waals surface area contributed by atoms with Crippen LogP contribution in [0.25, 0.3) is 0 Å². The monoisotopic (exact) mass is 335 g/mol. The van der Waals surface area contributed by atoms with Gasteiger partial charge in [-0.2, -0.15) is 0 Å². The van der Waals surface area contributed by atoms with Crippen LogP contribution in [-0.4, -0.2) is 45.2 Å². The van der Waals surface area contributed by atoms with Crippen molar-refractivity contribution >= 4 is 12.2 Å². The average molecular weight is 335 g/mol. The molecule has 2 rings (SSSR count). The van der Waals surface area contributed by atoms with E-state index in [0.29, 0.717) is 29.7 Å². The van der Waals surface area contributed by atoms with Crippen LogP contribution in [0.3, 0.4) is 0 Å². The smallest absolute Gasteiger partial charge is 0.306 e. The van der Waals surface area contributed by atoms with Gasteiger partial charge in [0.2, 0.25) is 5.75 Å². The van der Waals surface area contributed by atoms with Crippen LogP contribution in [0.2, 0.25) is 0 Å². The molecule has 0 bridgehead atoms. The normalized spacial score (nSPS) is 20.8. The van der Waals surface area contributed by atoms with Gasteiger partial charge in [-0.3, -0.25) is 9.79 Å². The zero-order valence-electron chi connectivity index (χ0n) is 14.4. The molecule has 0 radical (unpaired) electrons. The topological polar surface area (TPSA) is 77.4 Å². The maximum absolute atomic E-state index is 11.0. The fourth-order valence-electron chi connectivity index (χ4n) is 3.08. The first-order valence-electron chi connectivity index (χ1n) is 8.11. The molecule has 0 unspecified atom stereocenters. The molecule has 0 saturated heterocycles. The lowest BCUT2D eigenvalue weighted by atomic mass is 9.82. The molecular weight excluding hydrogens is 310 g/mol. The summed E-state index contributed by atoms with van der Waals surface area (Å²) in [6.07, 6.45) is 5.14. The number of methoxy groups -OCH3 is 3. The van der Waals surface area contributed by atoms with Gasteiger partial charge in [-0.05, 0) is 49.3 Å². The van der Waals surface area contributed by atoms with Crippen molar-refractivity contribution in [2.75, 3.05) is 27.9 Å². The van der Waals surface area contributed by atoms with E-state index >= 15 is 0 Å². The zero-order valence-corrected chi connectivity index (χ0v) is 14.4. The number of rotatable bonds is 7. The number of ether oxygens (including phenoxy) is 3. The summed E-state index contributed by atoms with van der Waals surface area (Å²) >= 11 is 0. The van der Waals surface area contributed by atoms with Crippen LogP contribution in [0.15, 0.2) is 17.1 Å². The molecule has 0 amide bonds. The van der Waals surface area contributed by atoms with Crippen molar-refractivity contribution in [3.05, 3.63) is 17.7 Å². The molecule has 0 atom stereocenters. The highest BCUT2D eigenvalue weighted by atomic mass is 16.5. The minimum atomic E-state index is -0.672. The summed E-state index contributed by atoms with van der Waals surface area (Å²) in [5.41, 5.74) is 0.878. The van der Waals surface area contributed by atoms with E-state index in [9.17, 15) is 4.79 Å². The lowest BCUT2D eigenvalue weighted by Gasteiger charge is -2.24. The van der Waals surface area contributed by atoms with Gasteiger partial charge in [0.05, 0.1) is 27.2 Å². The van der Waals surface area contributed by atoms with Gasteiger partial charge >= 0.3 is 5.97 Å². The Balaban J connectivity index is 1.98. The van der Waals surface area contributed by atoms with Gasteiger partial charge in [-0.15, -0.1) is 0 Å². The van der Waals surface area contributed by atoms with E-state index in [4.69, 9.17) is 19.3 Å². The molecule has 1 aromatic carbocycles. The number of carbonyl (C=O) groups is 1. The van der Waals surface area contributed by atoms with Crippen LogP contribution in [0, 0.1) is 11.8 Å². The Labute approximate surface area is 142 Å². The summed E-state index contributed by atoms with van der Waals surface area (Å²) in [6, 6.07) is 3.71. The van der Waals surface area contributed by atoms with E-state index in [0.717, 1.165) is 31.2 Å². The van der Waals surface area contributed by atoms with Crippen molar-refractivity contribution in [1.29, 1.82) is 0 Å². The van der Waals surface area contributed by atoms with E-state index < -0.39 is 5.97 Å². The molecule has 1 aromatic rings. The fraction of sp³-hybridized carbons (Fsp3) is 0.556. The number of aliphatic carboxylic acids is 1. The Morgan fingerprint density at radius 2 is 1.71 bits per heavy atom. The quantitative estimate of drug-likeness (QED) is 0.775. The second-order valence-electron chi connectivity index (χ2n) is 6.01. The van der Waals surface area contributed by atoms with Crippen molar-refractivity contribution < 1.29 is 24.1 Å². The minimum absolute atomic E-state index is 0.180. The van der Waals surface area contributed by atoms with Gasteiger partial charge in [-0.1, -0.05) is 0 Å². The molecule has 24 heavy (non-hydrogen) atoms. The summed E-state index contributed by atoms with van der Waals surface area (Å²) in [6.45, 7) is 0.711. The highest BCUT2D eigenvalue weighted by Crippen LogP contribution is 2.37. The molecule has 0 spiro atoms. The van der Waals surface area contributed by atoms with Crippen LogP contribution in [0.5, 0.6) is 17.2 Å². The molecule has 6 heteroatoms. The van der Waals surface area contributed by atoms with Crippen LogP contribution in [0.1, 0.15) is 31.2 Å². The van der Waals surface area contributed by atoms with E-state index in [2.05, 4.69) is 4.99 Å². The van der Waals surface area contributed by atoms with Crippen LogP contribution >= 0.6 is 0 Å². The highest BCUT2D eigenvalue weighted by Gasteiger charge is 2.25. The molecule has 0 aliphatic heterocycles. The number of aliphatic imine (C=N–C) groups is 1. The van der Waals surface area contributed by atoms with E-state index in [1.165, 1.54) is 0 Å². The molecule has 1 N–H and O–H groups in total. The lowest BCUT2D eigenvalue weighted by molar-refractivity contribution is -0.143. The van der Waals surface area contributed by atoms with E-state index in [1.54, 1.807) is 27.5 Å². The van der Waals surface area contributed by atoms with Crippen molar-refractivity contribution in [3.8, 4) is 17.2 Å². The third kappa shape index (κ3) is 4.40. The van der Waals surface area contributed by atoms with Crippen molar-refractivity contribution in [2.45, 2.75) is 25.7 Å². The minimum Gasteiger partial charge on any atom is -0.493 e. The average Bonchev–Trinajstić information content (AvgIpc) is 2.61. The van der Waals surface area contributed by atoms with E-state index in [-0.39, 0.29) is 5.92 Å². The Kier molecular flexibility index (Phi) is 6.46. The summed E-state index contributed by atoms with van der Waals surface area (Å²) in [5, 5.41) is 9.03. The lowest BCUT2D eigenvalue weighted by Crippen LogP contribution is -2.22. The fourth-order valence-corrected chi connectivity index (χ4v) is 3.08. The number of benzene rings is 1. The Bertz CT molecular complexity index is 566. The van der Waals surface area contributed by atoms with Gasteiger partial charge < -0.3 is 19.3 Å². The van der Waals surface area contributed by atoms with Gasteiger partial charge in [0.15, 0.2) is 11.5 Å². The number of carboxylic acid groups (broad SMARTS) is 1. The second kappa shape index (κ2) is 8.57. The molecule has 0 aromatic heterocycles. The molecule has 1 fully saturated rings. The van der Waals surface area contributed by atoms with Crippen molar-refractivity contribution in [2.24, 2.45) is 16.8 Å². The van der Waals surface area contributed by atoms with Crippen LogP contribution in [-0.2, 0) is 4.79 Å². The first kappa shape index (κ1) is 18.1. The number of nitrogens with zero attached hydrogens (tertiary/aromatic N) is 1. The van der Waals surface area contributed by atoms with Crippen LogP contribution < -0.4 is 14.2 Å². The Morgan fingerprint density at radius 3 is 2.17 bits per heavy atom. The van der Waals surface area contributed by atoms with Crippen LogP contribution in [0.4, 0.5) is 0 Å². The number of carboxylic acids is 1. The van der Waals surface area contributed by atoms with Crippen molar-refractivity contribution in [3.63, 3.8) is 0 Å².